The number of Topliss-reactive ketones (excluding diaryl/α,β-unsaturated/α-hetero) is 1. The van der Waals surface area contributed by atoms with E-state index >= 15 is 4.39 Å². The predicted octanol–water partition coefficient (Wildman–Crippen LogP) is 7.50. The number of carboxylic acid groups (broad SMARTS) is 1. The van der Waals surface area contributed by atoms with Gasteiger partial charge in [-0.1, -0.05) is 74.8 Å². The second-order valence-electron chi connectivity index (χ2n) is 20.9. The fraction of sp³-hybridized carbons (Fsp3) is 0.635. The maximum absolute atomic E-state index is 15.1. The second-order valence-corrected chi connectivity index (χ2v) is 20.9. The Labute approximate surface area is 529 Å². The van der Waals surface area contributed by atoms with Gasteiger partial charge < -0.3 is 66.4 Å². The van der Waals surface area contributed by atoms with Crippen molar-refractivity contribution in [3.8, 4) is 0 Å². The zero-order valence-electron chi connectivity index (χ0n) is 53.4. The molecule has 87 heavy (non-hydrogen) atoms. The van der Waals surface area contributed by atoms with Crippen LogP contribution in [0.5, 0.6) is 0 Å². The fourth-order valence-corrected chi connectivity index (χ4v) is 9.38. The van der Waals surface area contributed by atoms with Gasteiger partial charge in [-0.3, -0.25) is 38.4 Å². The molecule has 0 radical (unpaired) electrons. The van der Waals surface area contributed by atoms with Crippen LogP contribution >= 0.6 is 0 Å². The van der Waals surface area contributed by atoms with Gasteiger partial charge in [-0.25, -0.2) is 9.37 Å². The zero-order valence-corrected chi connectivity index (χ0v) is 56.4. The van der Waals surface area contributed by atoms with Gasteiger partial charge in [0.05, 0.1) is 62.9 Å². The van der Waals surface area contributed by atoms with Crippen LogP contribution < -0.4 is 21.7 Å². The van der Waals surface area contributed by atoms with Crippen LogP contribution in [-0.4, -0.2) is 163 Å². The summed E-state index contributed by atoms with van der Waals surface area (Å²) in [5, 5.41) is 26.4. The van der Waals surface area contributed by atoms with Crippen molar-refractivity contribution in [1.29, 1.82) is 0 Å². The van der Waals surface area contributed by atoms with Gasteiger partial charge >= 0.3 is 11.9 Å². The number of aliphatic carboxylic acids is 1. The SMILES string of the molecule is C=C1C(CC)=C(C(OC(=O)CNC(=O)[C@@H]2CCCN2C(=O)C(CC(=O)O)NC(=O)CCOCCOCCOCC[NH-])C(C)=O)C=C2c3nc4cc(F)c(C)c5c4c(c3CN12)CCC5.CC.CC(N)=O.CCC.CCC(C)C.O=CNCCCCCO.[W]. The molecule has 1 fully saturated rings. The average Bonchev–Trinajstić information content (AvgIpc) is 1.66. The van der Waals surface area contributed by atoms with E-state index in [9.17, 15) is 43.5 Å². The number of likely N-dealkylation sites (tertiary alicyclic amines) is 1. The van der Waals surface area contributed by atoms with Crippen molar-refractivity contribution >= 4 is 64.4 Å². The summed E-state index contributed by atoms with van der Waals surface area (Å²) < 4.78 is 36.7. The minimum atomic E-state index is -1.46. The molecule has 0 spiro atoms. The molecule has 1 aromatic heterocycles. The van der Waals surface area contributed by atoms with Gasteiger partial charge in [0.1, 0.15) is 24.4 Å². The number of unbranched alkanes of at least 4 members (excludes halogenated alkanes) is 2. The summed E-state index contributed by atoms with van der Waals surface area (Å²) in [6, 6.07) is -1.04. The Kier molecular flexibility index (Phi) is 42.2. The fourth-order valence-electron chi connectivity index (χ4n) is 9.38. The van der Waals surface area contributed by atoms with Crippen LogP contribution in [0.2, 0.25) is 0 Å². The van der Waals surface area contributed by atoms with E-state index in [1.807, 2.05) is 25.7 Å². The number of pyridine rings is 1. The largest absolute Gasteiger partial charge is 0.676 e. The van der Waals surface area contributed by atoms with Crippen molar-refractivity contribution in [2.45, 2.75) is 184 Å². The number of primary amides is 1. The molecule has 1 aliphatic carbocycles. The smallest absolute Gasteiger partial charge is 0.326 e. The number of aromatic nitrogens is 1. The normalized spacial score (nSPS) is 14.8. The third-order valence-electron chi connectivity index (χ3n) is 13.7. The molecule has 5 amide bonds. The number of carboxylic acids is 1. The summed E-state index contributed by atoms with van der Waals surface area (Å²) in [5.41, 5.74) is 19.0. The van der Waals surface area contributed by atoms with Crippen LogP contribution in [0.1, 0.15) is 168 Å². The summed E-state index contributed by atoms with van der Waals surface area (Å²) in [6.07, 6.45) is 9.15. The molecule has 1 saturated heterocycles. The van der Waals surface area contributed by atoms with Crippen LogP contribution in [-0.2, 0) is 97.8 Å². The second kappa shape index (κ2) is 45.3. The molecular weight excluding hydrogens is 1300 g/mol. The quantitative estimate of drug-likeness (QED) is 0.0261. The number of esters is 1. The molecule has 8 N–H and O–H groups in total. The van der Waals surface area contributed by atoms with Crippen molar-refractivity contribution in [1.82, 2.24) is 30.7 Å². The number of carbonyl (C=O) groups excluding carboxylic acids is 7. The zero-order chi connectivity index (χ0) is 64.9. The van der Waals surface area contributed by atoms with Gasteiger partial charge in [0.2, 0.25) is 30.0 Å². The molecule has 6 rings (SSSR count). The number of rotatable bonds is 29. The molecule has 4 heterocycles. The average molecular weight is 1400 g/mol. The van der Waals surface area contributed by atoms with Crippen LogP contribution in [0.15, 0.2) is 35.6 Å². The van der Waals surface area contributed by atoms with Crippen LogP contribution in [0, 0.1) is 18.7 Å². The number of aliphatic hydroxyl groups is 1. The number of allylic oxidation sites excluding steroid dienone is 1. The van der Waals surface area contributed by atoms with Crippen molar-refractivity contribution in [3.05, 3.63) is 75.1 Å². The number of ether oxygens (including phenoxy) is 4. The van der Waals surface area contributed by atoms with Gasteiger partial charge in [-0.15, -0.1) is 6.54 Å². The van der Waals surface area contributed by atoms with Gasteiger partial charge in [-0.2, -0.15) is 0 Å². The number of fused-ring (bicyclic) bond motifs is 4. The standard InChI is InChI=1S/C45H56FN6O11.C6H13NO2.C5H12.C3H8.C2H5NO.C2H6.W/c1-5-28-26(3)52-24-32-30-9-6-8-29-25(2)33(46)21-34(41(29)30)50-42(32)37(52)20-31(28)43(27(4)53)63-40(57)23-48-44(58)36-10-7-13-51(36)45(59)35(22-39(55)56)49-38(54)11-14-60-16-18-62-19-17-61-15-12-47;8-5-3-1-2-4-7-6-9;1-4-5(2)3;1-3-2;1-2(3)4;1-2;/h20-21,35-36,43,47H,3,5-19,22-24H2,1-2,4H3,(H,48,58)(H,49,54)(H,55,56);6,8H,1-5H2,(H,7,9);5H,4H2,1-3H3;3H2,1-2H3;1H3,(H2,3,4);1-2H3;/q-1;;;;;;/t35?,36-,43?;;;;;;/m0....../s1. The van der Waals surface area contributed by atoms with Crippen LogP contribution in [0.4, 0.5) is 4.39 Å². The van der Waals surface area contributed by atoms with Crippen LogP contribution in [0.3, 0.4) is 0 Å². The van der Waals surface area contributed by atoms with E-state index in [0.29, 0.717) is 84.9 Å². The number of nitrogens with one attached hydrogen (secondary N) is 4. The maximum Gasteiger partial charge on any atom is 0.326 e. The predicted molar refractivity (Wildman–Crippen MR) is 330 cm³/mol. The summed E-state index contributed by atoms with van der Waals surface area (Å²) in [6.45, 7) is 28.1. The Bertz CT molecular complexity index is 2590. The molecule has 3 atom stereocenters. The van der Waals surface area contributed by atoms with Gasteiger partial charge in [-0.05, 0) is 106 Å². The molecule has 0 saturated carbocycles. The number of nitrogens with zero attached hydrogens (tertiary/aromatic N) is 3. The van der Waals surface area contributed by atoms with Crippen LogP contribution in [0.25, 0.3) is 22.3 Å². The van der Waals surface area contributed by atoms with E-state index in [2.05, 4.69) is 62.9 Å². The summed E-state index contributed by atoms with van der Waals surface area (Å²) in [4.78, 5) is 105. The monoisotopic (exact) mass is 1400 g/mol. The first-order valence-electron chi connectivity index (χ1n) is 30.3. The number of hydrogen-bond acceptors (Lipinski definition) is 15. The number of aryl methyl sites for hydroxylation is 2. The number of ketones is 1. The van der Waals surface area contributed by atoms with Crippen molar-refractivity contribution in [2.75, 3.05) is 72.4 Å². The van der Waals surface area contributed by atoms with Crippen molar-refractivity contribution < 1.29 is 93.0 Å². The molecule has 4 aliphatic rings. The van der Waals surface area contributed by atoms with Gasteiger partial charge in [0, 0.05) is 89.0 Å². The number of benzene rings is 1. The molecule has 0 bridgehead atoms. The minimum Gasteiger partial charge on any atom is -0.676 e. The molecule has 490 valence electrons. The van der Waals surface area contributed by atoms with E-state index in [1.54, 1.807) is 13.0 Å². The van der Waals surface area contributed by atoms with Gasteiger partial charge in [0.15, 0.2) is 11.9 Å². The molecule has 22 nitrogen and oxygen atoms in total. The first-order chi connectivity index (χ1) is 41.1. The van der Waals surface area contributed by atoms with Gasteiger partial charge in [0.25, 0.3) is 0 Å². The maximum atomic E-state index is 15.1. The number of hydrogen-bond donors (Lipinski definition) is 6. The Morgan fingerprint density at radius 2 is 1.53 bits per heavy atom. The summed E-state index contributed by atoms with van der Waals surface area (Å²) >= 11 is 0. The summed E-state index contributed by atoms with van der Waals surface area (Å²) in [5.74, 6) is -4.54. The van der Waals surface area contributed by atoms with Crippen molar-refractivity contribution in [2.24, 2.45) is 11.7 Å². The number of carbonyl (C=O) groups is 8. The van der Waals surface area contributed by atoms with E-state index in [4.69, 9.17) is 34.8 Å². The molecule has 2 unspecified atom stereocenters. The molecule has 24 heteroatoms. The molecule has 3 aliphatic heterocycles. The Hall–Kier alpha value is -5.97. The topological polar surface area (TPSA) is 319 Å². The molecule has 2 aromatic rings. The Balaban J connectivity index is 0.00000263. The number of halogens is 1. The van der Waals surface area contributed by atoms with E-state index in [1.165, 1.54) is 37.7 Å². The first kappa shape index (κ1) is 81.0. The number of amides is 5. The Morgan fingerprint density at radius 1 is 0.931 bits per heavy atom. The minimum absolute atomic E-state index is 0. The molecular formula is C63H100FN8O14W-. The van der Waals surface area contributed by atoms with E-state index < -0.39 is 66.6 Å². The van der Waals surface area contributed by atoms with E-state index in [0.717, 1.165) is 73.1 Å². The number of aliphatic hydroxyl groups excluding tert-OH is 1. The van der Waals surface area contributed by atoms with E-state index in [-0.39, 0.29) is 85.1 Å². The van der Waals surface area contributed by atoms with Crippen molar-refractivity contribution in [3.63, 3.8) is 0 Å². The third-order valence-corrected chi connectivity index (χ3v) is 13.7. The molecule has 1 aromatic carbocycles. The third kappa shape index (κ3) is 27.5. The number of nitrogens with two attached hydrogens (primary N) is 1. The summed E-state index contributed by atoms with van der Waals surface area (Å²) in [7, 11) is 0. The first-order valence-corrected chi connectivity index (χ1v) is 30.3. The Morgan fingerprint density at radius 3 is 2.08 bits per heavy atom.